The van der Waals surface area contributed by atoms with Crippen LogP contribution in [0.25, 0.3) is 6.08 Å². The Hall–Kier alpha value is -1.69. The Bertz CT molecular complexity index is 445. The number of carbonyl (C=O) groups is 1. The number of benzene rings is 1. The van der Waals surface area contributed by atoms with Crippen LogP contribution >= 0.6 is 0 Å². The third kappa shape index (κ3) is 4.82. The van der Waals surface area contributed by atoms with Gasteiger partial charge in [0.2, 0.25) is 0 Å². The Morgan fingerprint density at radius 3 is 2.68 bits per heavy atom. The van der Waals surface area contributed by atoms with Gasteiger partial charge in [-0.05, 0) is 37.2 Å². The molecule has 0 spiro atoms. The molecule has 5 heteroatoms. The minimum absolute atomic E-state index is 0.411. The Balaban J connectivity index is 2.89. The van der Waals surface area contributed by atoms with Crippen molar-refractivity contribution in [3.63, 3.8) is 0 Å². The molecular formula is C14H19NO4. The molecule has 1 aromatic carbocycles. The van der Waals surface area contributed by atoms with Crippen molar-refractivity contribution in [3.05, 3.63) is 41.5 Å². The van der Waals surface area contributed by atoms with E-state index in [9.17, 15) is 15.0 Å². The maximum absolute atomic E-state index is 10.5. The quantitative estimate of drug-likeness (QED) is 0.547. The van der Waals surface area contributed by atoms with Crippen LogP contribution in [0.4, 0.5) is 0 Å². The number of nitrogens with one attached hydrogen (secondary N) is 1. The highest BCUT2D eigenvalue weighted by Gasteiger charge is 2.19. The van der Waals surface area contributed by atoms with Crippen molar-refractivity contribution in [1.82, 2.24) is 5.32 Å². The second-order valence-corrected chi connectivity index (χ2v) is 4.20. The average molecular weight is 265 g/mol. The first kappa shape index (κ1) is 15.4. The fraction of sp³-hybridized carbons (Fsp3) is 0.357. The Morgan fingerprint density at radius 1 is 1.37 bits per heavy atom. The van der Waals surface area contributed by atoms with E-state index in [-0.39, 0.29) is 0 Å². The van der Waals surface area contributed by atoms with Crippen molar-refractivity contribution in [2.45, 2.75) is 18.6 Å². The molecule has 0 aliphatic heterocycles. The maximum atomic E-state index is 10.5. The second-order valence-electron chi connectivity index (χ2n) is 4.20. The molecule has 104 valence electrons. The van der Waals surface area contributed by atoms with E-state index in [1.807, 2.05) is 0 Å². The van der Waals surface area contributed by atoms with Crippen LogP contribution in [0.15, 0.2) is 30.3 Å². The summed E-state index contributed by atoms with van der Waals surface area (Å²) >= 11 is 0. The number of rotatable bonds is 7. The van der Waals surface area contributed by atoms with Crippen molar-refractivity contribution >= 4 is 12.0 Å². The van der Waals surface area contributed by atoms with Gasteiger partial charge >= 0.3 is 5.97 Å². The molecule has 0 aliphatic rings. The zero-order chi connectivity index (χ0) is 14.3. The van der Waals surface area contributed by atoms with Crippen molar-refractivity contribution < 1.29 is 20.1 Å². The summed E-state index contributed by atoms with van der Waals surface area (Å²) in [7, 11) is 1.77. The number of carboxylic acids is 1. The number of carboxylic acid groups (broad SMARTS) is 1. The van der Waals surface area contributed by atoms with Gasteiger partial charge in [0.05, 0.1) is 6.10 Å². The highest BCUT2D eigenvalue weighted by Crippen LogP contribution is 2.23. The van der Waals surface area contributed by atoms with Gasteiger partial charge in [-0.2, -0.15) is 0 Å². The van der Waals surface area contributed by atoms with Crippen LogP contribution in [0.5, 0.6) is 0 Å². The van der Waals surface area contributed by atoms with E-state index in [0.717, 1.165) is 6.08 Å². The SMILES string of the molecule is CNCCC(O)C(O)c1ccccc1/C=C/C(=O)O. The second kappa shape index (κ2) is 7.68. The number of hydrogen-bond donors (Lipinski definition) is 4. The molecule has 0 bridgehead atoms. The Morgan fingerprint density at radius 2 is 2.05 bits per heavy atom. The monoisotopic (exact) mass is 265 g/mol. The molecule has 19 heavy (non-hydrogen) atoms. The molecule has 0 saturated heterocycles. The Labute approximate surface area is 112 Å². The third-order valence-corrected chi connectivity index (χ3v) is 2.77. The van der Waals surface area contributed by atoms with Crippen molar-refractivity contribution in [2.75, 3.05) is 13.6 Å². The molecule has 1 aromatic rings. The lowest BCUT2D eigenvalue weighted by molar-refractivity contribution is -0.131. The molecular weight excluding hydrogens is 246 g/mol. The van der Waals surface area contributed by atoms with Crippen molar-refractivity contribution in [3.8, 4) is 0 Å². The molecule has 5 nitrogen and oxygen atoms in total. The van der Waals surface area contributed by atoms with E-state index in [1.54, 1.807) is 31.3 Å². The van der Waals surface area contributed by atoms with Crippen LogP contribution in [0, 0.1) is 0 Å². The lowest BCUT2D eigenvalue weighted by Crippen LogP contribution is -2.23. The number of aliphatic carboxylic acids is 1. The summed E-state index contributed by atoms with van der Waals surface area (Å²) in [6.45, 7) is 0.589. The Kier molecular flexibility index (Phi) is 6.21. The maximum Gasteiger partial charge on any atom is 0.328 e. The van der Waals surface area contributed by atoms with E-state index in [1.165, 1.54) is 6.08 Å². The minimum atomic E-state index is -1.06. The molecule has 0 aromatic heterocycles. The van der Waals surface area contributed by atoms with Crippen LogP contribution in [0.1, 0.15) is 23.7 Å². The predicted octanol–water partition coefficient (Wildman–Crippen LogP) is 0.788. The minimum Gasteiger partial charge on any atom is -0.478 e. The molecule has 0 radical (unpaired) electrons. The van der Waals surface area contributed by atoms with Crippen LogP contribution in [-0.2, 0) is 4.79 Å². The van der Waals surface area contributed by atoms with Gasteiger partial charge in [-0.15, -0.1) is 0 Å². The van der Waals surface area contributed by atoms with E-state index < -0.39 is 18.2 Å². The summed E-state index contributed by atoms with van der Waals surface area (Å²) in [5.74, 6) is -1.06. The topological polar surface area (TPSA) is 89.8 Å². The predicted molar refractivity (Wildman–Crippen MR) is 72.6 cm³/mol. The molecule has 0 amide bonds. The molecule has 0 fully saturated rings. The van der Waals surface area contributed by atoms with Crippen molar-refractivity contribution in [2.24, 2.45) is 0 Å². The van der Waals surface area contributed by atoms with E-state index in [0.29, 0.717) is 24.1 Å². The summed E-state index contributed by atoms with van der Waals surface area (Å²) in [6, 6.07) is 6.86. The summed E-state index contributed by atoms with van der Waals surface area (Å²) in [6.07, 6.45) is 0.890. The summed E-state index contributed by atoms with van der Waals surface area (Å²) in [4.78, 5) is 10.5. The van der Waals surface area contributed by atoms with Gasteiger partial charge in [-0.3, -0.25) is 0 Å². The summed E-state index contributed by atoms with van der Waals surface area (Å²) in [5.41, 5.74) is 1.10. The zero-order valence-corrected chi connectivity index (χ0v) is 10.8. The van der Waals surface area contributed by atoms with E-state index in [2.05, 4.69) is 5.32 Å². The lowest BCUT2D eigenvalue weighted by Gasteiger charge is -2.19. The molecule has 2 atom stereocenters. The molecule has 0 saturated carbocycles. The zero-order valence-electron chi connectivity index (χ0n) is 10.8. The summed E-state index contributed by atoms with van der Waals surface area (Å²) < 4.78 is 0. The normalized spacial score (nSPS) is 14.5. The van der Waals surface area contributed by atoms with Crippen LogP contribution in [-0.4, -0.2) is 41.0 Å². The fourth-order valence-corrected chi connectivity index (χ4v) is 1.75. The van der Waals surface area contributed by atoms with Gasteiger partial charge < -0.3 is 20.6 Å². The van der Waals surface area contributed by atoms with E-state index >= 15 is 0 Å². The first-order valence-electron chi connectivity index (χ1n) is 6.07. The van der Waals surface area contributed by atoms with Crippen LogP contribution in [0.3, 0.4) is 0 Å². The molecule has 1 rings (SSSR count). The number of hydrogen-bond acceptors (Lipinski definition) is 4. The highest BCUT2D eigenvalue weighted by molar-refractivity contribution is 5.85. The molecule has 4 N–H and O–H groups in total. The van der Waals surface area contributed by atoms with Gasteiger partial charge in [0.1, 0.15) is 6.10 Å². The first-order valence-corrected chi connectivity index (χ1v) is 6.07. The van der Waals surface area contributed by atoms with Gasteiger partial charge in [-0.25, -0.2) is 4.79 Å². The van der Waals surface area contributed by atoms with Crippen LogP contribution in [0.2, 0.25) is 0 Å². The van der Waals surface area contributed by atoms with Gasteiger partial charge in [0.25, 0.3) is 0 Å². The van der Waals surface area contributed by atoms with Gasteiger partial charge in [-0.1, -0.05) is 24.3 Å². The fourth-order valence-electron chi connectivity index (χ4n) is 1.75. The number of aliphatic hydroxyl groups is 2. The van der Waals surface area contributed by atoms with Crippen LogP contribution < -0.4 is 5.32 Å². The van der Waals surface area contributed by atoms with Gasteiger partial charge in [0, 0.05) is 6.08 Å². The molecule has 2 unspecified atom stereocenters. The largest absolute Gasteiger partial charge is 0.478 e. The van der Waals surface area contributed by atoms with Gasteiger partial charge in [0.15, 0.2) is 0 Å². The summed E-state index contributed by atoms with van der Waals surface area (Å²) in [5, 5.41) is 31.5. The smallest absolute Gasteiger partial charge is 0.328 e. The molecule has 0 aliphatic carbocycles. The third-order valence-electron chi connectivity index (χ3n) is 2.77. The van der Waals surface area contributed by atoms with E-state index in [4.69, 9.17) is 5.11 Å². The number of aliphatic hydroxyl groups excluding tert-OH is 2. The average Bonchev–Trinajstić information content (AvgIpc) is 2.42. The highest BCUT2D eigenvalue weighted by atomic mass is 16.4. The van der Waals surface area contributed by atoms with Crippen molar-refractivity contribution in [1.29, 1.82) is 0 Å². The standard InChI is InChI=1S/C14H19NO4/c1-15-9-8-12(16)14(19)11-5-3-2-4-10(11)6-7-13(17)18/h2-7,12,14-16,19H,8-9H2,1H3,(H,17,18)/b7-6+. The lowest BCUT2D eigenvalue weighted by atomic mass is 9.97. The first-order chi connectivity index (χ1) is 9.06. The molecule has 0 heterocycles.